The first-order valence-electron chi connectivity index (χ1n) is 3.63. The monoisotopic (exact) mass is 592 g/mol. The van der Waals surface area contributed by atoms with E-state index < -0.39 is 18.1 Å². The number of amides is 6. The van der Waals surface area contributed by atoms with Crippen LogP contribution >= 0.6 is 34.1 Å². The molecule has 0 aromatic heterocycles. The first kappa shape index (κ1) is 116. The Morgan fingerprint density at radius 1 is 0.839 bits per heavy atom. The number of nitrogens with one attached hydrogen (secondary N) is 2. The number of primary amides is 4. The minimum atomic E-state index is -0.858. The second-order valence-electron chi connectivity index (χ2n) is 1.57. The molecule has 24 N–H and O–H groups in total. The van der Waals surface area contributed by atoms with Crippen molar-refractivity contribution >= 4 is 58.7 Å². The number of urea groups is 3. The summed E-state index contributed by atoms with van der Waals surface area (Å²) < 4.78 is 0. The number of nitrogens with two attached hydrogens (primary N) is 6. The first-order valence-corrected chi connectivity index (χ1v) is 4.77. The molecule has 0 saturated carbocycles. The summed E-state index contributed by atoms with van der Waals surface area (Å²) in [6.45, 7) is -0.181. The fourth-order valence-electron chi connectivity index (χ4n) is 0.123. The summed E-state index contributed by atoms with van der Waals surface area (Å²) in [7, 11) is 8.22. The van der Waals surface area contributed by atoms with Gasteiger partial charge in [-0.25, -0.2) is 25.2 Å². The Morgan fingerprint density at radius 2 is 0.935 bits per heavy atom. The molecule has 0 saturated heterocycles. The van der Waals surface area contributed by atoms with Crippen LogP contribution in [0.3, 0.4) is 0 Å². The van der Waals surface area contributed by atoms with Gasteiger partial charge in [-0.05, 0) is 0 Å². The average Bonchev–Trinajstić information content (AvgIpc) is 2.40. The smallest absolute Gasteiger partial charge is 1.00 e. The molecule has 182 valence electrons. The minimum absolute atomic E-state index is 0. The van der Waals surface area contributed by atoms with Crippen molar-refractivity contribution < 1.29 is 174 Å². The molecule has 0 aromatic rings. The SMILES string of the molecule is C.Cl.ClCl.N.N.NC(=O)NNC(N)=O.NC(N)=O.NN.O.O.O=CO[O-].[Cl-].[H-].[H-].[Na+].[Na+].[Na+].[Na+]. The number of hydrazine groups is 2. The van der Waals surface area contributed by atoms with Crippen molar-refractivity contribution in [3.05, 3.63) is 0 Å². The van der Waals surface area contributed by atoms with E-state index in [1.807, 2.05) is 0 Å². The van der Waals surface area contributed by atoms with Crippen molar-refractivity contribution in [2.24, 2.45) is 34.6 Å². The summed E-state index contributed by atoms with van der Waals surface area (Å²) in [6.07, 6.45) is 0. The molecule has 0 aliphatic rings. The second-order valence-corrected chi connectivity index (χ2v) is 1.57. The van der Waals surface area contributed by atoms with E-state index in [0.29, 0.717) is 0 Å². The Labute approximate surface area is 293 Å². The van der Waals surface area contributed by atoms with Crippen molar-refractivity contribution in [1.29, 1.82) is 0 Å². The van der Waals surface area contributed by atoms with E-state index in [-0.39, 0.29) is 183 Å². The largest absolute Gasteiger partial charge is 1.00 e. The van der Waals surface area contributed by atoms with Crippen LogP contribution in [0.25, 0.3) is 0 Å². The third-order valence-corrected chi connectivity index (χ3v) is 0.348. The quantitative estimate of drug-likeness (QED) is 0.0449. The van der Waals surface area contributed by atoms with Crippen LogP contribution in [0.2, 0.25) is 0 Å². The van der Waals surface area contributed by atoms with E-state index in [4.69, 9.17) is 14.8 Å². The summed E-state index contributed by atoms with van der Waals surface area (Å²) in [5.74, 6) is 8.00. The number of carbonyl (C=O) groups excluding carboxylic acids is 4. The summed E-state index contributed by atoms with van der Waals surface area (Å²) in [6, 6.07) is -2.55. The van der Waals surface area contributed by atoms with Gasteiger partial charge in [0.1, 0.15) is 0 Å². The Kier molecular flexibility index (Phi) is 510. The molecule has 0 rings (SSSR count). The van der Waals surface area contributed by atoms with Gasteiger partial charge in [-0.15, -0.1) is 12.4 Å². The second kappa shape index (κ2) is 136. The molecule has 0 atom stereocenters. The summed E-state index contributed by atoms with van der Waals surface area (Å²) in [4.78, 5) is 39.7. The van der Waals surface area contributed by atoms with E-state index in [1.165, 1.54) is 0 Å². The molecule has 26 heteroatoms. The molecule has 0 aromatic carbocycles. The molecular formula is C5H32Cl4N10Na4O8. The maximum absolute atomic E-state index is 9.74. The molecule has 0 fully saturated rings. The van der Waals surface area contributed by atoms with Crippen LogP contribution in [0.5, 0.6) is 0 Å². The van der Waals surface area contributed by atoms with E-state index in [0.717, 1.165) is 0 Å². The molecule has 0 aliphatic heterocycles. The molecule has 0 heterocycles. The molecule has 0 unspecified atom stereocenters. The van der Waals surface area contributed by atoms with E-state index in [2.05, 4.69) is 61.2 Å². The molecular weight excluding hydrogens is 562 g/mol. The molecule has 31 heavy (non-hydrogen) atoms. The maximum Gasteiger partial charge on any atom is 1.00 e. The van der Waals surface area contributed by atoms with Gasteiger partial charge in [-0.3, -0.25) is 16.5 Å². The number of halogens is 4. The normalized spacial score (nSPS) is 3.77. The summed E-state index contributed by atoms with van der Waals surface area (Å²) in [5, 5.41) is 8.43. The topological polar surface area (TPSA) is 414 Å². The number of rotatable bonds is 1. The van der Waals surface area contributed by atoms with Crippen molar-refractivity contribution in [3.8, 4) is 0 Å². The Hall–Kier alpha value is 2.16. The predicted octanol–water partition coefficient (Wildman–Crippen LogP) is -19.1. The van der Waals surface area contributed by atoms with E-state index in [1.54, 1.807) is 10.9 Å². The van der Waals surface area contributed by atoms with Crippen LogP contribution in [0.15, 0.2) is 0 Å². The van der Waals surface area contributed by atoms with Crippen LogP contribution < -0.4 is 194 Å². The van der Waals surface area contributed by atoms with Crippen molar-refractivity contribution in [1.82, 2.24) is 23.2 Å². The van der Waals surface area contributed by atoms with Gasteiger partial charge in [0.25, 0.3) is 6.47 Å². The van der Waals surface area contributed by atoms with Crippen LogP contribution in [-0.2, 0) is 9.68 Å². The molecule has 18 nitrogen and oxygen atoms in total. The first-order chi connectivity index (χ1) is 9.27. The number of hydrogen-bond acceptors (Lipinski definition) is 10. The van der Waals surface area contributed by atoms with Gasteiger partial charge >= 0.3 is 136 Å². The Balaban J connectivity index is -0.00000000517. The van der Waals surface area contributed by atoms with Gasteiger partial charge in [0, 0.05) is 21.7 Å². The van der Waals surface area contributed by atoms with Crippen molar-refractivity contribution in [2.75, 3.05) is 0 Å². The van der Waals surface area contributed by atoms with E-state index in [9.17, 15) is 9.59 Å². The zero-order chi connectivity index (χ0) is 17.6. The van der Waals surface area contributed by atoms with Crippen LogP contribution in [0, 0.1) is 0 Å². The predicted molar refractivity (Wildman–Crippen MR) is 99.9 cm³/mol. The molecule has 6 amide bonds. The molecule has 0 bridgehead atoms. The molecule has 0 spiro atoms. The van der Waals surface area contributed by atoms with Gasteiger partial charge < -0.3 is 71.6 Å². The zero-order valence-corrected chi connectivity index (χ0v) is 28.0. The van der Waals surface area contributed by atoms with Gasteiger partial charge in [-0.1, -0.05) is 7.43 Å². The van der Waals surface area contributed by atoms with Crippen molar-refractivity contribution in [3.63, 3.8) is 0 Å². The minimum Gasteiger partial charge on any atom is -1.00 e. The van der Waals surface area contributed by atoms with Gasteiger partial charge in [-0.2, -0.15) is 0 Å². The summed E-state index contributed by atoms with van der Waals surface area (Å²) >= 11 is 0. The zero-order valence-electron chi connectivity index (χ0n) is 18.9. The maximum atomic E-state index is 9.74. The Morgan fingerprint density at radius 3 is 0.968 bits per heavy atom. The Bertz CT molecular complexity index is 268. The summed E-state index contributed by atoms with van der Waals surface area (Å²) in [5.41, 5.74) is 21.1. The average molecular weight is 594 g/mol. The fourth-order valence-corrected chi connectivity index (χ4v) is 0.123. The van der Waals surface area contributed by atoms with Crippen molar-refractivity contribution in [2.45, 2.75) is 7.43 Å². The number of carbonyl (C=O) groups is 4. The molecule has 0 radical (unpaired) electrons. The number of hydrogen-bond donors (Lipinski definition) is 10. The van der Waals surface area contributed by atoms with Crippen LogP contribution in [0.1, 0.15) is 10.3 Å². The van der Waals surface area contributed by atoms with Gasteiger partial charge in [0.15, 0.2) is 0 Å². The van der Waals surface area contributed by atoms with Gasteiger partial charge in [0.2, 0.25) is 0 Å². The third-order valence-electron chi connectivity index (χ3n) is 0.348. The third kappa shape index (κ3) is 439. The van der Waals surface area contributed by atoms with Gasteiger partial charge in [0.05, 0.1) is 0 Å². The fraction of sp³-hybridized carbons (Fsp3) is 0.200. The standard InChI is InChI=1S/C2H6N4O2.CH4N2O.CH2O3.CH4.Cl2.2ClH.H4N2.2H3N.4Na.2H2O.2H/c3-1(7)5-6-2(4)8;2-1(3)4;2-1-4-3;;1-2;;;1-2;;;;;;;;;;/h(H3,3,5,7)(H3,4,6,8);(H4,2,3,4);1,3H;1H4;;2*1H;1-2H2;2*1H3;;;;;2*1H2;;/q;;;;;;;;;;4*+1;;;2*-1/p-2. The van der Waals surface area contributed by atoms with Crippen LogP contribution in [-0.4, -0.2) is 35.5 Å². The van der Waals surface area contributed by atoms with E-state index >= 15 is 0 Å². The molecule has 0 aliphatic carbocycles. The van der Waals surface area contributed by atoms with Crippen LogP contribution in [0.4, 0.5) is 14.4 Å².